The molecule has 172 valence electrons. The predicted molar refractivity (Wildman–Crippen MR) is 132 cm³/mol. The molecule has 0 radical (unpaired) electrons. The van der Waals surface area contributed by atoms with Crippen LogP contribution < -0.4 is 9.64 Å². The molecule has 2 aliphatic rings. The number of rotatable bonds is 9. The summed E-state index contributed by atoms with van der Waals surface area (Å²) in [6.07, 6.45) is 7.00. The van der Waals surface area contributed by atoms with Crippen LogP contribution in [0.2, 0.25) is 0 Å². The highest BCUT2D eigenvalue weighted by Gasteiger charge is 2.38. The van der Waals surface area contributed by atoms with Crippen molar-refractivity contribution in [2.24, 2.45) is 0 Å². The number of hydrogen-bond acceptors (Lipinski definition) is 4. The van der Waals surface area contributed by atoms with Crippen molar-refractivity contribution < 1.29 is 9.84 Å². The fourth-order valence-corrected chi connectivity index (χ4v) is 5.45. The van der Waals surface area contributed by atoms with Gasteiger partial charge in [0.25, 0.3) is 0 Å². The summed E-state index contributed by atoms with van der Waals surface area (Å²) in [4.78, 5) is 4.83. The van der Waals surface area contributed by atoms with Gasteiger partial charge in [0.2, 0.25) is 0 Å². The molecule has 0 aromatic heterocycles. The van der Waals surface area contributed by atoms with Crippen LogP contribution in [0.3, 0.4) is 0 Å². The third-order valence-corrected chi connectivity index (χ3v) is 7.14. The molecule has 32 heavy (non-hydrogen) atoms. The molecule has 0 bridgehead atoms. The third-order valence-electron chi connectivity index (χ3n) is 7.14. The molecule has 0 saturated carbocycles. The lowest BCUT2D eigenvalue weighted by Crippen LogP contribution is -2.53. The van der Waals surface area contributed by atoms with Crippen LogP contribution in [0.1, 0.15) is 62.6 Å². The van der Waals surface area contributed by atoms with E-state index in [2.05, 4.69) is 59.7 Å². The van der Waals surface area contributed by atoms with E-state index in [9.17, 15) is 5.11 Å². The molecule has 0 spiro atoms. The van der Waals surface area contributed by atoms with E-state index in [0.717, 1.165) is 50.9 Å². The van der Waals surface area contributed by atoms with Crippen LogP contribution in [0.25, 0.3) is 0 Å². The van der Waals surface area contributed by atoms with Gasteiger partial charge in [-0.3, -0.25) is 4.90 Å². The fourth-order valence-electron chi connectivity index (χ4n) is 5.45. The van der Waals surface area contributed by atoms with Crippen LogP contribution in [-0.4, -0.2) is 42.5 Å². The molecular formula is C28H38N2O2. The predicted octanol–water partition coefficient (Wildman–Crippen LogP) is 5.72. The first-order valence-electron chi connectivity index (χ1n) is 12.1. The maximum Gasteiger partial charge on any atom is 0.143 e. The van der Waals surface area contributed by atoms with Gasteiger partial charge in [-0.1, -0.05) is 35.9 Å². The van der Waals surface area contributed by atoms with Crippen molar-refractivity contribution in [2.75, 3.05) is 25.1 Å². The summed E-state index contributed by atoms with van der Waals surface area (Å²) in [5.41, 5.74) is 4.97. The van der Waals surface area contributed by atoms with Gasteiger partial charge in [0.15, 0.2) is 0 Å². The van der Waals surface area contributed by atoms with E-state index >= 15 is 0 Å². The lowest BCUT2D eigenvalue weighted by molar-refractivity contribution is 0.0451. The van der Waals surface area contributed by atoms with E-state index in [1.54, 1.807) is 7.11 Å². The van der Waals surface area contributed by atoms with Gasteiger partial charge >= 0.3 is 0 Å². The highest BCUT2D eigenvalue weighted by molar-refractivity contribution is 5.58. The second-order valence-corrected chi connectivity index (χ2v) is 9.44. The van der Waals surface area contributed by atoms with Crippen LogP contribution >= 0.6 is 0 Å². The topological polar surface area (TPSA) is 35.9 Å². The Kier molecular flexibility index (Phi) is 7.54. The Bertz CT molecular complexity index is 889. The summed E-state index contributed by atoms with van der Waals surface area (Å²) in [6.45, 7) is 8.34. The van der Waals surface area contributed by atoms with Crippen LogP contribution in [0.4, 0.5) is 5.69 Å². The second kappa shape index (κ2) is 10.5. The van der Waals surface area contributed by atoms with Gasteiger partial charge in [-0.15, -0.1) is 6.58 Å². The van der Waals surface area contributed by atoms with Crippen molar-refractivity contribution in [1.82, 2.24) is 4.90 Å². The molecular weight excluding hydrogens is 396 g/mol. The first-order chi connectivity index (χ1) is 15.6. The Morgan fingerprint density at radius 2 is 1.84 bits per heavy atom. The normalized spacial score (nSPS) is 20.6. The largest absolute Gasteiger partial charge is 0.497 e. The van der Waals surface area contributed by atoms with E-state index in [0.29, 0.717) is 0 Å². The molecule has 1 fully saturated rings. The number of likely N-dealkylation sites (tertiary alicyclic amines) is 1. The zero-order valence-corrected chi connectivity index (χ0v) is 19.7. The molecule has 0 aliphatic carbocycles. The van der Waals surface area contributed by atoms with Gasteiger partial charge in [-0.2, -0.15) is 0 Å². The number of fused-ring (bicyclic) bond motifs is 1. The van der Waals surface area contributed by atoms with Gasteiger partial charge in [-0.25, -0.2) is 0 Å². The van der Waals surface area contributed by atoms with Gasteiger partial charge in [-0.05, 0) is 94.3 Å². The molecule has 4 rings (SSSR count). The number of aliphatic hydroxyl groups is 1. The Hall–Kier alpha value is -2.30. The smallest absolute Gasteiger partial charge is 0.143 e. The first kappa shape index (κ1) is 22.9. The summed E-state index contributed by atoms with van der Waals surface area (Å²) >= 11 is 0. The van der Waals surface area contributed by atoms with Crippen LogP contribution in [0.5, 0.6) is 5.75 Å². The van der Waals surface area contributed by atoms with Crippen LogP contribution in [-0.2, 0) is 6.42 Å². The lowest BCUT2D eigenvalue weighted by Gasteiger charge is -2.46. The lowest BCUT2D eigenvalue weighted by atomic mass is 9.89. The Morgan fingerprint density at radius 1 is 1.12 bits per heavy atom. The quantitative estimate of drug-likeness (QED) is 0.512. The van der Waals surface area contributed by atoms with Crippen LogP contribution in [0.15, 0.2) is 60.7 Å². The van der Waals surface area contributed by atoms with E-state index in [4.69, 9.17) is 4.74 Å². The maximum atomic E-state index is 12.0. The molecule has 1 saturated heterocycles. The van der Waals surface area contributed by atoms with Crippen molar-refractivity contribution in [3.63, 3.8) is 0 Å². The van der Waals surface area contributed by atoms with E-state index < -0.39 is 6.23 Å². The Labute approximate surface area is 193 Å². The maximum absolute atomic E-state index is 12.0. The minimum absolute atomic E-state index is 0.128. The number of ether oxygens (including phenoxy) is 1. The van der Waals surface area contributed by atoms with Crippen molar-refractivity contribution >= 4 is 5.69 Å². The summed E-state index contributed by atoms with van der Waals surface area (Å²) in [5, 5.41) is 12.0. The Balaban J connectivity index is 1.67. The van der Waals surface area contributed by atoms with Gasteiger partial charge in [0, 0.05) is 5.69 Å². The highest BCUT2D eigenvalue weighted by atomic mass is 16.5. The average Bonchev–Trinajstić information content (AvgIpc) is 3.35. The number of aliphatic hydroxyl groups excluding tert-OH is 1. The van der Waals surface area contributed by atoms with Gasteiger partial charge in [0.05, 0.1) is 19.2 Å². The molecule has 4 heteroatoms. The number of allylic oxidation sites excluding steroid dienone is 1. The van der Waals surface area contributed by atoms with Crippen molar-refractivity contribution in [3.05, 3.63) is 71.8 Å². The summed E-state index contributed by atoms with van der Waals surface area (Å²) < 4.78 is 5.38. The minimum atomic E-state index is -0.549. The number of methoxy groups -OCH3 is 1. The average molecular weight is 435 g/mol. The van der Waals surface area contributed by atoms with E-state index in [1.807, 2.05) is 12.1 Å². The zero-order valence-electron chi connectivity index (χ0n) is 19.7. The molecule has 3 unspecified atom stereocenters. The fraction of sp³-hybridized carbons (Fsp3) is 0.500. The molecule has 1 N–H and O–H groups in total. The first-order valence-corrected chi connectivity index (χ1v) is 12.1. The standard InChI is InChI=1S/C28H38N2O2/c1-21(2)9-8-12-27(29-19-6-7-20-29)28(31)30-25-11-5-4-10-22(25)15-18-26(30)23-13-16-24(32-3)17-14-23/h4-5,10-11,13-14,16-17,26-28,31H,1,6-9,12,15,18-20H2,2-3H3. The highest BCUT2D eigenvalue weighted by Crippen LogP contribution is 2.41. The molecule has 2 aliphatic heterocycles. The number of para-hydroxylation sites is 1. The number of benzene rings is 2. The molecule has 3 atom stereocenters. The van der Waals surface area contributed by atoms with Gasteiger partial charge < -0.3 is 14.7 Å². The van der Waals surface area contributed by atoms with Crippen molar-refractivity contribution in [2.45, 2.75) is 70.2 Å². The van der Waals surface area contributed by atoms with Crippen LogP contribution in [0, 0.1) is 0 Å². The number of hydrogen-bond donors (Lipinski definition) is 1. The Morgan fingerprint density at radius 3 is 2.53 bits per heavy atom. The zero-order chi connectivity index (χ0) is 22.5. The molecule has 2 heterocycles. The third kappa shape index (κ3) is 5.02. The SMILES string of the molecule is C=C(C)CCCC(C(O)N1c2ccccc2CCC1c1ccc(OC)cc1)N1CCCC1. The van der Waals surface area contributed by atoms with E-state index in [1.165, 1.54) is 35.2 Å². The minimum Gasteiger partial charge on any atom is -0.497 e. The summed E-state index contributed by atoms with van der Waals surface area (Å²) in [7, 11) is 1.70. The van der Waals surface area contributed by atoms with Crippen molar-refractivity contribution in [1.29, 1.82) is 0 Å². The molecule has 2 aromatic carbocycles. The number of aryl methyl sites for hydroxylation is 1. The second-order valence-electron chi connectivity index (χ2n) is 9.44. The number of anilines is 1. The number of nitrogens with zero attached hydrogens (tertiary/aromatic N) is 2. The van der Waals surface area contributed by atoms with E-state index in [-0.39, 0.29) is 12.1 Å². The summed E-state index contributed by atoms with van der Waals surface area (Å²) in [5.74, 6) is 0.867. The summed E-state index contributed by atoms with van der Waals surface area (Å²) in [6, 6.07) is 17.3. The molecule has 0 amide bonds. The molecule has 4 nitrogen and oxygen atoms in total. The molecule has 2 aromatic rings. The van der Waals surface area contributed by atoms with Crippen molar-refractivity contribution in [3.8, 4) is 5.75 Å². The monoisotopic (exact) mass is 434 g/mol. The van der Waals surface area contributed by atoms with Gasteiger partial charge in [0.1, 0.15) is 12.0 Å².